The van der Waals surface area contributed by atoms with Crippen LogP contribution in [0.5, 0.6) is 11.5 Å². The first-order valence-electron chi connectivity index (χ1n) is 14.0. The number of benzene rings is 1. The minimum Gasteiger partial charge on any atom is -0.540 e. The van der Waals surface area contributed by atoms with Crippen LogP contribution in [0.25, 0.3) is 0 Å². The van der Waals surface area contributed by atoms with Crippen LogP contribution in [0.4, 0.5) is 5.69 Å². The summed E-state index contributed by atoms with van der Waals surface area (Å²) in [6.45, 7) is 28.6. The van der Waals surface area contributed by atoms with E-state index < -0.39 is 27.5 Å². The number of carbonyl (C=O) groups excluding carboxylic acids is 1. The third-order valence-corrected chi connectivity index (χ3v) is 19.3. The van der Waals surface area contributed by atoms with E-state index in [1.807, 2.05) is 0 Å². The molecule has 0 spiro atoms. The van der Waals surface area contributed by atoms with E-state index in [0.29, 0.717) is 31.1 Å². The number of ether oxygens (including phenoxy) is 1. The Morgan fingerprint density at radius 2 is 1.64 bits per heavy atom. The maximum atomic E-state index is 13.9. The summed E-state index contributed by atoms with van der Waals surface area (Å²) >= 11 is 0. The predicted molar refractivity (Wildman–Crippen MR) is 163 cm³/mol. The second-order valence-electron chi connectivity index (χ2n) is 13.3. The van der Waals surface area contributed by atoms with Crippen LogP contribution in [0, 0.1) is 10.1 Å². The molecule has 8 nitrogen and oxygen atoms in total. The third-order valence-electron chi connectivity index (χ3n) is 8.77. The number of nitrogens with zero attached hydrogens (tertiary/aromatic N) is 2. The van der Waals surface area contributed by atoms with Crippen molar-refractivity contribution < 1.29 is 23.3 Å². The first-order valence-corrected chi connectivity index (χ1v) is 19.0. The van der Waals surface area contributed by atoms with E-state index in [2.05, 4.69) is 82.0 Å². The highest BCUT2D eigenvalue weighted by molar-refractivity contribution is 6.78. The molecular weight excluding hydrogens is 528 g/mol. The van der Waals surface area contributed by atoms with Crippen LogP contribution in [-0.2, 0) is 4.43 Å². The van der Waals surface area contributed by atoms with E-state index in [0.717, 1.165) is 5.57 Å². The zero-order chi connectivity index (χ0) is 30.1. The Bertz CT molecular complexity index is 1060. The number of carbonyl (C=O) groups is 1. The van der Waals surface area contributed by atoms with Crippen molar-refractivity contribution in [3.63, 3.8) is 0 Å². The molecule has 0 radical (unpaired) electrons. The van der Waals surface area contributed by atoms with Crippen molar-refractivity contribution in [1.82, 2.24) is 4.90 Å². The van der Waals surface area contributed by atoms with Crippen molar-refractivity contribution in [2.24, 2.45) is 0 Å². The van der Waals surface area contributed by atoms with Gasteiger partial charge in [0.05, 0.1) is 30.7 Å². The first kappa shape index (κ1) is 33.0. The van der Waals surface area contributed by atoms with E-state index >= 15 is 0 Å². The second kappa shape index (κ2) is 12.1. The summed E-state index contributed by atoms with van der Waals surface area (Å²) in [6.07, 6.45) is 0.609. The molecule has 1 aromatic carbocycles. The van der Waals surface area contributed by atoms with Crippen molar-refractivity contribution in [2.45, 2.75) is 110 Å². The number of nitro benzene ring substituents is 1. The fourth-order valence-corrected chi connectivity index (χ4v) is 11.9. The minimum atomic E-state index is -2.43. The molecule has 1 saturated heterocycles. The van der Waals surface area contributed by atoms with Crippen LogP contribution >= 0.6 is 0 Å². The number of rotatable bonds is 11. The highest BCUT2D eigenvalue weighted by atomic mass is 28.4. The Morgan fingerprint density at radius 3 is 2.08 bits per heavy atom. The predicted octanol–water partition coefficient (Wildman–Crippen LogP) is 7.95. The van der Waals surface area contributed by atoms with Gasteiger partial charge in [-0.25, -0.2) is 0 Å². The van der Waals surface area contributed by atoms with E-state index in [9.17, 15) is 14.9 Å². The molecular formula is C29H50N2O6Si2. The van der Waals surface area contributed by atoms with Crippen LogP contribution in [0.1, 0.15) is 79.1 Å². The van der Waals surface area contributed by atoms with Crippen molar-refractivity contribution in [2.75, 3.05) is 20.3 Å². The highest BCUT2D eigenvalue weighted by Crippen LogP contribution is 2.46. The van der Waals surface area contributed by atoms with Gasteiger partial charge in [0.1, 0.15) is 5.56 Å². The Balaban J connectivity index is 2.53. The topological polar surface area (TPSA) is 91.1 Å². The van der Waals surface area contributed by atoms with Gasteiger partial charge in [0.15, 0.2) is 19.8 Å². The molecule has 0 saturated carbocycles. The van der Waals surface area contributed by atoms with E-state index in [1.54, 1.807) is 4.90 Å². The molecule has 0 N–H and O–H groups in total. The summed E-state index contributed by atoms with van der Waals surface area (Å²) in [5, 5.41) is 12.3. The molecule has 1 aromatic rings. The average molecular weight is 579 g/mol. The smallest absolute Gasteiger partial charge is 0.286 e. The summed E-state index contributed by atoms with van der Waals surface area (Å²) in [7, 11) is -2.98. The van der Waals surface area contributed by atoms with Crippen LogP contribution in [-0.4, -0.2) is 58.7 Å². The van der Waals surface area contributed by atoms with Crippen molar-refractivity contribution in [3.05, 3.63) is 40.0 Å². The first-order chi connectivity index (χ1) is 17.8. The van der Waals surface area contributed by atoms with E-state index in [4.69, 9.17) is 13.6 Å². The minimum absolute atomic E-state index is 0.0119. The molecule has 1 fully saturated rings. The lowest BCUT2D eigenvalue weighted by atomic mass is 10.1. The van der Waals surface area contributed by atoms with Gasteiger partial charge in [-0.2, -0.15) is 0 Å². The van der Waals surface area contributed by atoms with Gasteiger partial charge in [-0.05, 0) is 41.2 Å². The van der Waals surface area contributed by atoms with Crippen LogP contribution in [0.15, 0.2) is 24.3 Å². The van der Waals surface area contributed by atoms with Crippen LogP contribution in [0.3, 0.4) is 0 Å². The maximum absolute atomic E-state index is 13.9. The molecule has 0 aliphatic carbocycles. The van der Waals surface area contributed by atoms with Crippen molar-refractivity contribution >= 4 is 28.2 Å². The number of hydrogen-bond acceptors (Lipinski definition) is 6. The van der Waals surface area contributed by atoms with Gasteiger partial charge in [-0.15, -0.1) is 0 Å². The van der Waals surface area contributed by atoms with Crippen molar-refractivity contribution in [3.8, 4) is 11.5 Å². The molecule has 1 aliphatic rings. The Morgan fingerprint density at radius 1 is 1.10 bits per heavy atom. The molecule has 1 heterocycles. The molecule has 1 atom stereocenters. The molecule has 10 heteroatoms. The largest absolute Gasteiger partial charge is 0.540 e. The summed E-state index contributed by atoms with van der Waals surface area (Å²) in [5.74, 6) is 0.233. The molecule has 39 heavy (non-hydrogen) atoms. The lowest BCUT2D eigenvalue weighted by Gasteiger charge is -2.42. The Hall–Kier alpha value is -2.18. The molecule has 0 bridgehead atoms. The number of nitro groups is 1. The number of methoxy groups -OCH3 is 1. The highest BCUT2D eigenvalue weighted by Gasteiger charge is 2.48. The third kappa shape index (κ3) is 6.77. The number of likely N-dealkylation sites (tertiary alicyclic amines) is 1. The molecule has 1 amide bonds. The normalized spacial score (nSPS) is 16.9. The zero-order valence-corrected chi connectivity index (χ0v) is 28.1. The van der Waals surface area contributed by atoms with Gasteiger partial charge in [0, 0.05) is 12.6 Å². The van der Waals surface area contributed by atoms with E-state index in [-0.39, 0.29) is 39.0 Å². The van der Waals surface area contributed by atoms with Gasteiger partial charge in [0.25, 0.3) is 19.9 Å². The molecule has 0 unspecified atom stereocenters. The van der Waals surface area contributed by atoms with E-state index in [1.165, 1.54) is 19.2 Å². The monoisotopic (exact) mass is 578 g/mol. The summed E-state index contributed by atoms with van der Waals surface area (Å²) in [6, 6.07) is 2.62. The molecule has 1 aliphatic heterocycles. The second-order valence-corrected chi connectivity index (χ2v) is 23.5. The number of hydrogen-bond donors (Lipinski definition) is 0. The quantitative estimate of drug-likeness (QED) is 0.114. The van der Waals surface area contributed by atoms with Gasteiger partial charge < -0.3 is 18.5 Å². The fraction of sp³-hybridized carbons (Fsp3) is 0.690. The lowest BCUT2D eigenvalue weighted by molar-refractivity contribution is -0.385. The maximum Gasteiger partial charge on any atom is 0.286 e. The summed E-state index contributed by atoms with van der Waals surface area (Å²) < 4.78 is 18.9. The SMILES string of the molecule is C=C1C[C@H](CO[Si](C)(C)C(C)(C)C)N(C(=O)c2cc(OC)c(O[Si](C(C)C)(C(C)C)C(C)C)cc2[N+](=O)[O-])C1. The fourth-order valence-electron chi connectivity index (χ4n) is 5.60. The Labute approximate surface area is 237 Å². The van der Waals surface area contributed by atoms with Crippen LogP contribution < -0.4 is 9.16 Å². The zero-order valence-electron chi connectivity index (χ0n) is 26.1. The standard InChI is InChI=1S/C29H50N2O6Si2/c1-19(2)39(20(3)4,21(5)6)37-27-16-25(31(33)34)24(15-26(27)35-11)28(32)30-17-22(7)14-23(30)18-36-38(12,13)29(8,9)10/h15-16,19-21,23H,7,14,17-18H2,1-6,8-13H3/t23-/m1/s1. The molecule has 0 aromatic heterocycles. The van der Waals surface area contributed by atoms with Crippen LogP contribution in [0.2, 0.25) is 34.8 Å². The van der Waals surface area contributed by atoms with Gasteiger partial charge in [-0.1, -0.05) is 74.5 Å². The van der Waals surface area contributed by atoms with Gasteiger partial charge >= 0.3 is 0 Å². The number of amides is 1. The Kier molecular flexibility index (Phi) is 10.3. The average Bonchev–Trinajstić information content (AvgIpc) is 3.19. The summed E-state index contributed by atoms with van der Waals surface area (Å²) in [5.41, 5.74) is 1.40. The van der Waals surface area contributed by atoms with Gasteiger partial charge in [0.2, 0.25) is 0 Å². The van der Waals surface area contributed by atoms with Crippen molar-refractivity contribution in [1.29, 1.82) is 0 Å². The summed E-state index contributed by atoms with van der Waals surface area (Å²) in [4.78, 5) is 27.3. The van der Waals surface area contributed by atoms with Gasteiger partial charge in [-0.3, -0.25) is 14.9 Å². The molecule has 2 rings (SSSR count). The lowest BCUT2D eigenvalue weighted by Crippen LogP contribution is -2.50. The molecule has 220 valence electrons.